The zero-order valence-corrected chi connectivity index (χ0v) is 14.6. The van der Waals surface area contributed by atoms with Gasteiger partial charge in [0.15, 0.2) is 5.75 Å². The van der Waals surface area contributed by atoms with Crippen molar-refractivity contribution >= 4 is 28.8 Å². The summed E-state index contributed by atoms with van der Waals surface area (Å²) in [4.78, 5) is 16.9. The number of amides is 1. The Hall–Kier alpha value is -1.56. The predicted molar refractivity (Wildman–Crippen MR) is 93.5 cm³/mol. The van der Waals surface area contributed by atoms with Crippen LogP contribution < -0.4 is 4.74 Å². The van der Waals surface area contributed by atoms with Gasteiger partial charge in [0.2, 0.25) is 0 Å². The van der Waals surface area contributed by atoms with Gasteiger partial charge in [-0.15, -0.1) is 11.3 Å². The van der Waals surface area contributed by atoms with E-state index in [0.29, 0.717) is 15.6 Å². The monoisotopic (exact) mass is 350 g/mol. The third kappa shape index (κ3) is 3.68. The summed E-state index contributed by atoms with van der Waals surface area (Å²) in [7, 11) is 1.54. The maximum Gasteiger partial charge on any atom is 0.258 e. The van der Waals surface area contributed by atoms with Crippen molar-refractivity contribution in [2.75, 3.05) is 33.3 Å². The lowest BCUT2D eigenvalue weighted by Gasteiger charge is -2.34. The fourth-order valence-corrected chi connectivity index (χ4v) is 3.82. The molecule has 1 amide bonds. The van der Waals surface area contributed by atoms with Crippen LogP contribution in [0.4, 0.5) is 0 Å². The lowest BCUT2D eigenvalue weighted by atomic mass is 10.2. The van der Waals surface area contributed by atoms with Crippen LogP contribution in [-0.4, -0.2) is 49.0 Å². The van der Waals surface area contributed by atoms with E-state index in [2.05, 4.69) is 29.2 Å². The third-order valence-electron chi connectivity index (χ3n) is 4.05. The summed E-state index contributed by atoms with van der Waals surface area (Å²) in [6, 6.07) is 10.4. The molecule has 0 aliphatic carbocycles. The van der Waals surface area contributed by atoms with E-state index in [1.54, 1.807) is 12.5 Å². The third-order valence-corrected chi connectivity index (χ3v) is 5.23. The van der Waals surface area contributed by atoms with Crippen molar-refractivity contribution in [1.82, 2.24) is 9.80 Å². The SMILES string of the molecule is COc1c(C(=O)N2CCN(Cc3ccccc3)CC2)csc1Cl. The first-order valence-electron chi connectivity index (χ1n) is 7.55. The molecule has 1 fully saturated rings. The van der Waals surface area contributed by atoms with Crippen LogP contribution in [0.1, 0.15) is 15.9 Å². The summed E-state index contributed by atoms with van der Waals surface area (Å²) >= 11 is 7.39. The Labute approximate surface area is 145 Å². The van der Waals surface area contributed by atoms with Gasteiger partial charge in [-0.3, -0.25) is 9.69 Å². The molecule has 0 N–H and O–H groups in total. The number of ether oxygens (including phenoxy) is 1. The molecule has 1 aromatic heterocycles. The Morgan fingerprint density at radius 1 is 1.22 bits per heavy atom. The Morgan fingerprint density at radius 2 is 1.91 bits per heavy atom. The molecule has 2 aromatic rings. The highest BCUT2D eigenvalue weighted by Gasteiger charge is 2.26. The molecule has 6 heteroatoms. The second kappa shape index (κ2) is 7.34. The second-order valence-corrected chi connectivity index (χ2v) is 6.99. The van der Waals surface area contributed by atoms with E-state index in [4.69, 9.17) is 16.3 Å². The number of hydrogen-bond acceptors (Lipinski definition) is 4. The number of carbonyl (C=O) groups is 1. The molecule has 3 rings (SSSR count). The van der Waals surface area contributed by atoms with E-state index >= 15 is 0 Å². The van der Waals surface area contributed by atoms with Crippen LogP contribution in [-0.2, 0) is 6.54 Å². The largest absolute Gasteiger partial charge is 0.493 e. The van der Waals surface area contributed by atoms with E-state index < -0.39 is 0 Å². The minimum atomic E-state index is 0.00404. The highest BCUT2D eigenvalue weighted by atomic mass is 35.5. The maximum absolute atomic E-state index is 12.6. The van der Waals surface area contributed by atoms with Gasteiger partial charge in [0.25, 0.3) is 5.91 Å². The molecule has 0 bridgehead atoms. The quantitative estimate of drug-likeness (QED) is 0.847. The van der Waals surface area contributed by atoms with E-state index in [1.807, 2.05) is 11.0 Å². The first-order valence-corrected chi connectivity index (χ1v) is 8.81. The Kier molecular flexibility index (Phi) is 5.20. The predicted octanol–water partition coefficient (Wildman–Crippen LogP) is 3.37. The van der Waals surface area contributed by atoms with Gasteiger partial charge in [-0.05, 0) is 5.56 Å². The van der Waals surface area contributed by atoms with Crippen molar-refractivity contribution in [2.24, 2.45) is 0 Å². The number of hydrogen-bond donors (Lipinski definition) is 0. The number of nitrogens with zero attached hydrogens (tertiary/aromatic N) is 2. The lowest BCUT2D eigenvalue weighted by molar-refractivity contribution is 0.0626. The second-order valence-electron chi connectivity index (χ2n) is 5.51. The molecular weight excluding hydrogens is 332 g/mol. The van der Waals surface area contributed by atoms with Crippen LogP contribution in [0.2, 0.25) is 4.34 Å². The molecule has 0 unspecified atom stereocenters. The molecular formula is C17H19ClN2O2S. The van der Waals surface area contributed by atoms with E-state index in [9.17, 15) is 4.79 Å². The van der Waals surface area contributed by atoms with Gasteiger partial charge >= 0.3 is 0 Å². The molecule has 0 spiro atoms. The van der Waals surface area contributed by atoms with Gasteiger partial charge in [0.1, 0.15) is 4.34 Å². The van der Waals surface area contributed by atoms with Gasteiger partial charge in [0, 0.05) is 38.1 Å². The van der Waals surface area contributed by atoms with Gasteiger partial charge < -0.3 is 9.64 Å². The summed E-state index contributed by atoms with van der Waals surface area (Å²) in [5, 5.41) is 1.78. The van der Waals surface area contributed by atoms with Gasteiger partial charge in [-0.25, -0.2) is 0 Å². The molecule has 0 saturated carbocycles. The van der Waals surface area contributed by atoms with Gasteiger partial charge in [0.05, 0.1) is 12.7 Å². The fourth-order valence-electron chi connectivity index (χ4n) is 2.78. The average molecular weight is 351 g/mol. The zero-order valence-electron chi connectivity index (χ0n) is 13.0. The highest BCUT2D eigenvalue weighted by Crippen LogP contribution is 2.35. The van der Waals surface area contributed by atoms with Crippen molar-refractivity contribution in [2.45, 2.75) is 6.54 Å². The number of thiophene rings is 1. The molecule has 1 saturated heterocycles. The lowest BCUT2D eigenvalue weighted by Crippen LogP contribution is -2.48. The molecule has 4 nitrogen and oxygen atoms in total. The number of carbonyl (C=O) groups excluding carboxylic acids is 1. The van der Waals surface area contributed by atoms with Crippen LogP contribution in [0.25, 0.3) is 0 Å². The van der Waals surface area contributed by atoms with Gasteiger partial charge in [-0.1, -0.05) is 41.9 Å². The summed E-state index contributed by atoms with van der Waals surface area (Å²) in [5.74, 6) is 0.498. The standard InChI is InChI=1S/C17H19ClN2O2S/c1-22-15-14(12-23-16(15)18)17(21)20-9-7-19(8-10-20)11-13-5-3-2-4-6-13/h2-6,12H,7-11H2,1H3. The van der Waals surface area contributed by atoms with Crippen molar-refractivity contribution < 1.29 is 9.53 Å². The first-order chi connectivity index (χ1) is 11.2. The van der Waals surface area contributed by atoms with Crippen molar-refractivity contribution in [3.8, 4) is 5.75 Å². The minimum Gasteiger partial charge on any atom is -0.493 e. The molecule has 1 aliphatic rings. The van der Waals surface area contributed by atoms with Crippen molar-refractivity contribution in [3.63, 3.8) is 0 Å². The van der Waals surface area contributed by atoms with Crippen molar-refractivity contribution in [1.29, 1.82) is 0 Å². The minimum absolute atomic E-state index is 0.00404. The number of halogens is 1. The number of benzene rings is 1. The van der Waals surface area contributed by atoms with Crippen LogP contribution in [0.5, 0.6) is 5.75 Å². The van der Waals surface area contributed by atoms with Crippen molar-refractivity contribution in [3.05, 3.63) is 51.2 Å². The normalized spacial score (nSPS) is 15.7. The summed E-state index contributed by atoms with van der Waals surface area (Å²) in [6.07, 6.45) is 0. The molecule has 1 aliphatic heterocycles. The molecule has 122 valence electrons. The summed E-state index contributed by atoms with van der Waals surface area (Å²) < 4.78 is 5.78. The molecule has 2 heterocycles. The Balaban J connectivity index is 1.59. The van der Waals surface area contributed by atoms with Crippen LogP contribution >= 0.6 is 22.9 Å². The smallest absolute Gasteiger partial charge is 0.258 e. The van der Waals surface area contributed by atoms with Crippen LogP contribution in [0.3, 0.4) is 0 Å². The molecule has 0 radical (unpaired) electrons. The average Bonchev–Trinajstić information content (AvgIpc) is 2.96. The molecule has 1 aromatic carbocycles. The topological polar surface area (TPSA) is 32.8 Å². The van der Waals surface area contributed by atoms with E-state index in [1.165, 1.54) is 16.9 Å². The first kappa shape index (κ1) is 16.3. The summed E-state index contributed by atoms with van der Waals surface area (Å²) in [5.41, 5.74) is 1.87. The highest BCUT2D eigenvalue weighted by molar-refractivity contribution is 7.15. The number of rotatable bonds is 4. The fraction of sp³-hybridized carbons (Fsp3) is 0.353. The van der Waals surface area contributed by atoms with Crippen LogP contribution in [0.15, 0.2) is 35.7 Å². The Bertz CT molecular complexity index is 666. The molecule has 23 heavy (non-hydrogen) atoms. The van der Waals surface area contributed by atoms with E-state index in [-0.39, 0.29) is 5.91 Å². The summed E-state index contributed by atoms with van der Waals surface area (Å²) in [6.45, 7) is 4.13. The molecule has 0 atom stereocenters. The zero-order chi connectivity index (χ0) is 16.2. The van der Waals surface area contributed by atoms with Crippen LogP contribution in [0, 0.1) is 0 Å². The van der Waals surface area contributed by atoms with E-state index in [0.717, 1.165) is 32.7 Å². The number of methoxy groups -OCH3 is 1. The number of piperazine rings is 1. The maximum atomic E-state index is 12.6. The van der Waals surface area contributed by atoms with Gasteiger partial charge in [-0.2, -0.15) is 0 Å². The Morgan fingerprint density at radius 3 is 2.57 bits per heavy atom.